The number of halogens is 1. The summed E-state index contributed by atoms with van der Waals surface area (Å²) in [6, 6.07) is 5.63. The summed E-state index contributed by atoms with van der Waals surface area (Å²) in [4.78, 5) is 0.0151. The fourth-order valence-corrected chi connectivity index (χ4v) is 3.82. The molecule has 0 saturated carbocycles. The topological polar surface area (TPSA) is 90.0 Å². The molecule has 0 atom stereocenters. The summed E-state index contributed by atoms with van der Waals surface area (Å²) in [7, 11) is -3.89. The molecule has 9 heteroatoms. The lowest BCUT2D eigenvalue weighted by Crippen LogP contribution is -2.15. The molecule has 0 aliphatic heterocycles. The third kappa shape index (κ3) is 3.34. The second kappa shape index (κ2) is 6.91. The van der Waals surface area contributed by atoms with Crippen LogP contribution in [0.1, 0.15) is 30.4 Å². The Morgan fingerprint density at radius 3 is 2.58 bits per heavy atom. The van der Waals surface area contributed by atoms with Gasteiger partial charge in [0.2, 0.25) is 0 Å². The molecule has 7 nitrogen and oxygen atoms in total. The molecule has 26 heavy (non-hydrogen) atoms. The first kappa shape index (κ1) is 18.1. The Morgan fingerprint density at radius 1 is 1.23 bits per heavy atom. The molecule has 3 rings (SSSR count). The summed E-state index contributed by atoms with van der Waals surface area (Å²) in [6.45, 7) is 5.39. The van der Waals surface area contributed by atoms with E-state index in [9.17, 15) is 12.8 Å². The quantitative estimate of drug-likeness (QED) is 0.710. The number of anilines is 1. The van der Waals surface area contributed by atoms with E-state index in [0.717, 1.165) is 6.42 Å². The molecule has 0 spiro atoms. The number of rotatable bonds is 6. The van der Waals surface area contributed by atoms with Crippen molar-refractivity contribution in [2.24, 2.45) is 0 Å². The van der Waals surface area contributed by atoms with Gasteiger partial charge in [-0.15, -0.1) is 0 Å². The van der Waals surface area contributed by atoms with E-state index in [1.807, 2.05) is 6.92 Å². The lowest BCUT2D eigenvalue weighted by atomic mass is 10.2. The zero-order valence-electron chi connectivity index (χ0n) is 14.7. The van der Waals surface area contributed by atoms with Crippen molar-refractivity contribution in [1.82, 2.24) is 14.9 Å². The molecule has 2 aromatic heterocycles. The van der Waals surface area contributed by atoms with E-state index in [0.29, 0.717) is 29.1 Å². The van der Waals surface area contributed by atoms with E-state index < -0.39 is 10.0 Å². The standard InChI is InChI=1S/C17H19FN4O3S/c1-4-5-15-11(2)17(20-25-15)21-26(23,24)16-10-19-22(12(16)3)14-8-6-13(18)7-9-14/h6-10H,4-5H2,1-3H3,(H,20,21). The van der Waals surface area contributed by atoms with Crippen LogP contribution in [0.5, 0.6) is 0 Å². The van der Waals surface area contributed by atoms with E-state index in [1.165, 1.54) is 35.1 Å². The molecule has 3 aromatic rings. The average molecular weight is 378 g/mol. The van der Waals surface area contributed by atoms with Crippen LogP contribution in [0.3, 0.4) is 0 Å². The number of aryl methyl sites for hydroxylation is 1. The van der Waals surface area contributed by atoms with E-state index in [2.05, 4.69) is 15.0 Å². The molecule has 1 aromatic carbocycles. The lowest BCUT2D eigenvalue weighted by molar-refractivity contribution is 0.383. The minimum absolute atomic E-state index is 0.0151. The first-order valence-electron chi connectivity index (χ1n) is 8.12. The van der Waals surface area contributed by atoms with E-state index >= 15 is 0 Å². The highest BCUT2D eigenvalue weighted by Gasteiger charge is 2.24. The third-order valence-corrected chi connectivity index (χ3v) is 5.50. The van der Waals surface area contributed by atoms with E-state index in [-0.39, 0.29) is 16.5 Å². The van der Waals surface area contributed by atoms with Gasteiger partial charge in [-0.25, -0.2) is 17.5 Å². The van der Waals surface area contributed by atoms with Gasteiger partial charge in [0.25, 0.3) is 10.0 Å². The zero-order valence-corrected chi connectivity index (χ0v) is 15.5. The summed E-state index contributed by atoms with van der Waals surface area (Å²) in [5.74, 6) is 0.448. The summed E-state index contributed by atoms with van der Waals surface area (Å²) >= 11 is 0. The molecular weight excluding hydrogens is 359 g/mol. The molecule has 2 heterocycles. The molecule has 0 aliphatic carbocycles. The van der Waals surface area contributed by atoms with Crippen molar-refractivity contribution in [2.45, 2.75) is 38.5 Å². The predicted molar refractivity (Wildman–Crippen MR) is 94.3 cm³/mol. The molecule has 0 unspecified atom stereocenters. The average Bonchev–Trinajstić information content (AvgIpc) is 3.14. The Labute approximate surface area is 150 Å². The minimum Gasteiger partial charge on any atom is -0.359 e. The molecule has 0 saturated heterocycles. The fraction of sp³-hybridized carbons (Fsp3) is 0.294. The van der Waals surface area contributed by atoms with Crippen LogP contribution < -0.4 is 4.72 Å². The van der Waals surface area contributed by atoms with Crippen LogP contribution in [-0.4, -0.2) is 23.4 Å². The number of nitrogens with zero attached hydrogens (tertiary/aromatic N) is 3. The molecule has 0 amide bonds. The maximum Gasteiger partial charge on any atom is 0.266 e. The Kier molecular flexibility index (Phi) is 4.82. The maximum atomic E-state index is 13.1. The third-order valence-electron chi connectivity index (χ3n) is 4.05. The van der Waals surface area contributed by atoms with Gasteiger partial charge in [0.1, 0.15) is 16.5 Å². The van der Waals surface area contributed by atoms with Gasteiger partial charge in [-0.3, -0.25) is 4.72 Å². The van der Waals surface area contributed by atoms with Crippen molar-refractivity contribution in [3.8, 4) is 5.69 Å². The number of hydrogen-bond donors (Lipinski definition) is 1. The van der Waals surface area contributed by atoms with Crippen LogP contribution in [0, 0.1) is 19.7 Å². The minimum atomic E-state index is -3.89. The molecule has 138 valence electrons. The van der Waals surface area contributed by atoms with Crippen molar-refractivity contribution >= 4 is 15.8 Å². The number of aromatic nitrogens is 3. The Balaban J connectivity index is 1.92. The van der Waals surface area contributed by atoms with E-state index in [4.69, 9.17) is 4.52 Å². The highest BCUT2D eigenvalue weighted by molar-refractivity contribution is 7.92. The molecule has 0 aliphatic rings. The van der Waals surface area contributed by atoms with Gasteiger partial charge < -0.3 is 4.52 Å². The first-order chi connectivity index (χ1) is 12.3. The summed E-state index contributed by atoms with van der Waals surface area (Å²) in [5.41, 5.74) is 1.63. The van der Waals surface area contributed by atoms with Crippen molar-refractivity contribution in [1.29, 1.82) is 0 Å². The SMILES string of the molecule is CCCc1onc(NS(=O)(=O)c2cnn(-c3ccc(F)cc3)c2C)c1C. The number of benzene rings is 1. The molecule has 1 N–H and O–H groups in total. The van der Waals surface area contributed by atoms with Crippen LogP contribution in [0.4, 0.5) is 10.2 Å². The van der Waals surface area contributed by atoms with Crippen LogP contribution in [-0.2, 0) is 16.4 Å². The second-order valence-corrected chi connectivity index (χ2v) is 7.57. The maximum absolute atomic E-state index is 13.1. The number of nitrogens with one attached hydrogen (secondary N) is 1. The molecule has 0 bridgehead atoms. The van der Waals surface area contributed by atoms with Crippen molar-refractivity contribution in [3.05, 3.63) is 53.3 Å². The summed E-state index contributed by atoms with van der Waals surface area (Å²) < 4.78 is 47.6. The lowest BCUT2D eigenvalue weighted by Gasteiger charge is -2.07. The number of sulfonamides is 1. The van der Waals surface area contributed by atoms with Crippen LogP contribution in [0.15, 0.2) is 39.9 Å². The Hall–Kier alpha value is -2.68. The van der Waals surface area contributed by atoms with Crippen LogP contribution in [0.2, 0.25) is 0 Å². The first-order valence-corrected chi connectivity index (χ1v) is 9.60. The molecule has 0 radical (unpaired) electrons. The molecular formula is C17H19FN4O3S. The Morgan fingerprint density at radius 2 is 1.92 bits per heavy atom. The monoisotopic (exact) mass is 378 g/mol. The number of hydrogen-bond acceptors (Lipinski definition) is 5. The molecule has 0 fully saturated rings. The predicted octanol–water partition coefficient (Wildman–Crippen LogP) is 3.37. The van der Waals surface area contributed by atoms with Gasteiger partial charge in [0.05, 0.1) is 17.6 Å². The van der Waals surface area contributed by atoms with Crippen LogP contribution >= 0.6 is 0 Å². The highest BCUT2D eigenvalue weighted by atomic mass is 32.2. The highest BCUT2D eigenvalue weighted by Crippen LogP contribution is 2.24. The normalized spacial score (nSPS) is 11.7. The van der Waals surface area contributed by atoms with Gasteiger partial charge >= 0.3 is 0 Å². The van der Waals surface area contributed by atoms with Crippen molar-refractivity contribution < 1.29 is 17.3 Å². The Bertz CT molecular complexity index is 1020. The van der Waals surface area contributed by atoms with E-state index in [1.54, 1.807) is 13.8 Å². The van der Waals surface area contributed by atoms with Gasteiger partial charge in [-0.05, 0) is 44.5 Å². The smallest absolute Gasteiger partial charge is 0.266 e. The summed E-state index contributed by atoms with van der Waals surface area (Å²) in [6.07, 6.45) is 2.80. The van der Waals surface area contributed by atoms with Crippen molar-refractivity contribution in [2.75, 3.05) is 4.72 Å². The summed E-state index contributed by atoms with van der Waals surface area (Å²) in [5, 5.41) is 7.93. The van der Waals surface area contributed by atoms with Gasteiger partial charge in [-0.1, -0.05) is 12.1 Å². The van der Waals surface area contributed by atoms with Crippen LogP contribution in [0.25, 0.3) is 5.69 Å². The second-order valence-electron chi connectivity index (χ2n) is 5.92. The van der Waals surface area contributed by atoms with Gasteiger partial charge in [0, 0.05) is 12.0 Å². The largest absolute Gasteiger partial charge is 0.359 e. The van der Waals surface area contributed by atoms with Gasteiger partial charge in [0.15, 0.2) is 5.82 Å². The van der Waals surface area contributed by atoms with Gasteiger partial charge in [-0.2, -0.15) is 5.10 Å². The fourth-order valence-electron chi connectivity index (χ4n) is 2.61. The zero-order chi connectivity index (χ0) is 18.9. The van der Waals surface area contributed by atoms with Crippen molar-refractivity contribution in [3.63, 3.8) is 0 Å².